The van der Waals surface area contributed by atoms with Gasteiger partial charge >= 0.3 is 5.97 Å². The van der Waals surface area contributed by atoms with Crippen LogP contribution in [-0.2, 0) is 11.2 Å². The molecule has 0 saturated carbocycles. The first-order valence-electron chi connectivity index (χ1n) is 8.22. The molecule has 1 N–H and O–H groups in total. The van der Waals surface area contributed by atoms with Crippen LogP contribution < -0.4 is 0 Å². The average Bonchev–Trinajstić information content (AvgIpc) is 3.07. The maximum atomic E-state index is 12.2. The van der Waals surface area contributed by atoms with Gasteiger partial charge in [0.25, 0.3) is 0 Å². The summed E-state index contributed by atoms with van der Waals surface area (Å²) in [6.45, 7) is 3.89. The van der Waals surface area contributed by atoms with E-state index in [2.05, 4.69) is 20.1 Å². The number of aliphatic carboxylic acids is 1. The Balaban J connectivity index is 2.19. The minimum absolute atomic E-state index is 0.378. The molecule has 3 aromatic heterocycles. The maximum absolute atomic E-state index is 12.2. The van der Waals surface area contributed by atoms with Crippen molar-refractivity contribution in [2.24, 2.45) is 0 Å². The first kappa shape index (κ1) is 18.0. The van der Waals surface area contributed by atoms with Crippen molar-refractivity contribution in [1.82, 2.24) is 24.7 Å². The van der Waals surface area contributed by atoms with Crippen LogP contribution in [0.25, 0.3) is 5.82 Å². The Morgan fingerprint density at radius 1 is 1.27 bits per heavy atom. The van der Waals surface area contributed by atoms with Gasteiger partial charge < -0.3 is 5.11 Å². The molecule has 7 nitrogen and oxygen atoms in total. The molecule has 0 bridgehead atoms. The third-order valence-electron chi connectivity index (χ3n) is 4.12. The molecular formula is C18H18ClN5O2. The van der Waals surface area contributed by atoms with Gasteiger partial charge in [0, 0.05) is 18.1 Å². The number of carboxylic acid groups (broad SMARTS) is 1. The second-order valence-electron chi connectivity index (χ2n) is 5.82. The van der Waals surface area contributed by atoms with E-state index in [1.165, 1.54) is 17.2 Å². The summed E-state index contributed by atoms with van der Waals surface area (Å²) in [6, 6.07) is 5.04. The molecule has 1 atom stereocenters. The van der Waals surface area contributed by atoms with Gasteiger partial charge in [-0.3, -0.25) is 4.79 Å². The first-order valence-corrected chi connectivity index (χ1v) is 8.60. The van der Waals surface area contributed by atoms with Crippen molar-refractivity contribution >= 4 is 17.6 Å². The Kier molecular flexibility index (Phi) is 5.27. The van der Waals surface area contributed by atoms with Gasteiger partial charge in [0.2, 0.25) is 0 Å². The molecule has 0 radical (unpaired) electrons. The Bertz CT molecular complexity index is 941. The highest BCUT2D eigenvalue weighted by Crippen LogP contribution is 2.30. The van der Waals surface area contributed by atoms with Crippen molar-refractivity contribution in [2.75, 3.05) is 0 Å². The Morgan fingerprint density at radius 2 is 2.08 bits per heavy atom. The lowest BCUT2D eigenvalue weighted by molar-refractivity contribution is -0.137. The number of aromatic nitrogens is 5. The van der Waals surface area contributed by atoms with Crippen LogP contribution in [0.5, 0.6) is 0 Å². The number of rotatable bonds is 6. The molecule has 0 aliphatic heterocycles. The average molecular weight is 372 g/mol. The molecule has 3 heterocycles. The van der Waals surface area contributed by atoms with Crippen molar-refractivity contribution < 1.29 is 9.90 Å². The second kappa shape index (κ2) is 7.61. The van der Waals surface area contributed by atoms with E-state index in [-0.39, 0.29) is 0 Å². The highest BCUT2D eigenvalue weighted by molar-refractivity contribution is 6.32. The second-order valence-corrected chi connectivity index (χ2v) is 6.23. The minimum Gasteiger partial charge on any atom is -0.480 e. The molecule has 26 heavy (non-hydrogen) atoms. The molecule has 3 aromatic rings. The molecule has 8 heteroatoms. The van der Waals surface area contributed by atoms with Gasteiger partial charge in [0.15, 0.2) is 5.82 Å². The normalized spacial score (nSPS) is 12.1. The van der Waals surface area contributed by atoms with Crippen LogP contribution in [0.3, 0.4) is 0 Å². The van der Waals surface area contributed by atoms with Crippen LogP contribution in [0.1, 0.15) is 41.9 Å². The summed E-state index contributed by atoms with van der Waals surface area (Å²) < 4.78 is 1.45. The zero-order valence-corrected chi connectivity index (χ0v) is 15.2. The molecule has 0 fully saturated rings. The third-order valence-corrected chi connectivity index (χ3v) is 4.42. The predicted octanol–water partition coefficient (Wildman–Crippen LogP) is 3.19. The van der Waals surface area contributed by atoms with E-state index in [1.807, 2.05) is 13.8 Å². The minimum atomic E-state index is -1.02. The molecule has 0 spiro atoms. The predicted molar refractivity (Wildman–Crippen MR) is 96.6 cm³/mol. The van der Waals surface area contributed by atoms with Crippen LogP contribution in [0.2, 0.25) is 5.02 Å². The summed E-state index contributed by atoms with van der Waals surface area (Å²) in [5.41, 5.74) is 2.54. The number of aryl methyl sites for hydroxylation is 1. The van der Waals surface area contributed by atoms with Crippen LogP contribution in [0, 0.1) is 6.92 Å². The Labute approximate surface area is 155 Å². The number of pyridine rings is 1. The molecule has 134 valence electrons. The van der Waals surface area contributed by atoms with Crippen molar-refractivity contribution in [3.63, 3.8) is 0 Å². The van der Waals surface area contributed by atoms with E-state index in [9.17, 15) is 9.90 Å². The number of carboxylic acids is 1. The van der Waals surface area contributed by atoms with Crippen LogP contribution in [-0.4, -0.2) is 35.8 Å². The number of hydrogen-bond acceptors (Lipinski definition) is 5. The summed E-state index contributed by atoms with van der Waals surface area (Å²) >= 11 is 6.23. The Hall–Kier alpha value is -2.80. The highest BCUT2D eigenvalue weighted by Gasteiger charge is 2.31. The number of hydrogen-bond donors (Lipinski definition) is 1. The Morgan fingerprint density at radius 3 is 2.77 bits per heavy atom. The number of halogens is 1. The molecule has 0 saturated heterocycles. The van der Waals surface area contributed by atoms with E-state index in [1.54, 1.807) is 24.4 Å². The fraction of sp³-hybridized carbons (Fsp3) is 0.278. The van der Waals surface area contributed by atoms with E-state index < -0.39 is 11.9 Å². The van der Waals surface area contributed by atoms with Crippen LogP contribution in [0.4, 0.5) is 0 Å². The standard InChI is InChI=1S/C18H18ClN5O2/c1-3-5-12-11(2)21-10-22-16(12)15(18(25)26)14-7-9-23-24(14)17-13(19)6-4-8-20-17/h4,6-10,15H,3,5H2,1-2H3,(H,25,26). The highest BCUT2D eigenvalue weighted by atomic mass is 35.5. The molecule has 0 aliphatic rings. The smallest absolute Gasteiger partial charge is 0.318 e. The SMILES string of the molecule is CCCc1c(C)ncnc1C(C(=O)O)c1ccnn1-c1ncccc1Cl. The quantitative estimate of drug-likeness (QED) is 0.715. The molecule has 0 aromatic carbocycles. The van der Waals surface area contributed by atoms with Crippen molar-refractivity contribution in [2.45, 2.75) is 32.6 Å². The molecule has 3 rings (SSSR count). The number of carbonyl (C=O) groups is 1. The molecule has 1 unspecified atom stereocenters. The summed E-state index contributed by atoms with van der Waals surface area (Å²) in [5, 5.41) is 14.6. The van der Waals surface area contributed by atoms with Gasteiger partial charge in [-0.15, -0.1) is 0 Å². The first-order chi connectivity index (χ1) is 12.5. The third kappa shape index (κ3) is 3.30. The van der Waals surface area contributed by atoms with Gasteiger partial charge in [-0.1, -0.05) is 24.9 Å². The molecule has 0 amide bonds. The van der Waals surface area contributed by atoms with E-state index in [4.69, 9.17) is 11.6 Å². The van der Waals surface area contributed by atoms with E-state index >= 15 is 0 Å². The van der Waals surface area contributed by atoms with Crippen molar-refractivity contribution in [3.05, 3.63) is 64.6 Å². The lowest BCUT2D eigenvalue weighted by Crippen LogP contribution is -2.21. The largest absolute Gasteiger partial charge is 0.480 e. The monoisotopic (exact) mass is 371 g/mol. The summed E-state index contributed by atoms with van der Waals surface area (Å²) in [7, 11) is 0. The zero-order valence-electron chi connectivity index (χ0n) is 14.4. The van der Waals surface area contributed by atoms with Gasteiger partial charge in [-0.25, -0.2) is 19.6 Å². The van der Waals surface area contributed by atoms with E-state index in [0.29, 0.717) is 28.6 Å². The summed E-state index contributed by atoms with van der Waals surface area (Å²) in [5.74, 6) is -1.64. The molecular weight excluding hydrogens is 354 g/mol. The van der Waals surface area contributed by atoms with Gasteiger partial charge in [-0.2, -0.15) is 5.10 Å². The van der Waals surface area contributed by atoms with Crippen molar-refractivity contribution in [3.8, 4) is 5.82 Å². The van der Waals surface area contributed by atoms with Crippen LogP contribution in [0.15, 0.2) is 36.9 Å². The zero-order chi connectivity index (χ0) is 18.7. The maximum Gasteiger partial charge on any atom is 0.318 e. The summed E-state index contributed by atoms with van der Waals surface area (Å²) in [6.07, 6.45) is 6.07. The van der Waals surface area contributed by atoms with Crippen LogP contribution >= 0.6 is 11.6 Å². The topological polar surface area (TPSA) is 93.8 Å². The van der Waals surface area contributed by atoms with Gasteiger partial charge in [-0.05, 0) is 37.1 Å². The fourth-order valence-corrected chi connectivity index (χ4v) is 3.15. The number of nitrogens with zero attached hydrogens (tertiary/aromatic N) is 5. The van der Waals surface area contributed by atoms with Gasteiger partial charge in [0.05, 0.1) is 16.4 Å². The summed E-state index contributed by atoms with van der Waals surface area (Å²) in [4.78, 5) is 24.9. The van der Waals surface area contributed by atoms with E-state index in [0.717, 1.165) is 17.7 Å². The van der Waals surface area contributed by atoms with Gasteiger partial charge in [0.1, 0.15) is 12.2 Å². The van der Waals surface area contributed by atoms with Crippen molar-refractivity contribution in [1.29, 1.82) is 0 Å². The molecule has 0 aliphatic carbocycles. The fourth-order valence-electron chi connectivity index (χ4n) is 2.95. The lowest BCUT2D eigenvalue weighted by atomic mass is 9.93. The lowest BCUT2D eigenvalue weighted by Gasteiger charge is -2.18.